The number of carbonyl (C=O) groups is 1. The zero-order valence-corrected chi connectivity index (χ0v) is 15.0. The number of nitrogens with one attached hydrogen (secondary N) is 2. The van der Waals surface area contributed by atoms with Crippen LogP contribution in [0.2, 0.25) is 0 Å². The molecular weight excluding hydrogens is 316 g/mol. The van der Waals surface area contributed by atoms with Gasteiger partial charge in [-0.15, -0.1) is 0 Å². The average Bonchev–Trinajstić information content (AvgIpc) is 2.86. The third-order valence-electron chi connectivity index (χ3n) is 4.92. The molecule has 0 aliphatic carbocycles. The molecule has 0 bridgehead atoms. The second kappa shape index (κ2) is 7.59. The summed E-state index contributed by atoms with van der Waals surface area (Å²) in [5.74, 6) is -0.0872. The molecule has 1 fully saturated rings. The van der Waals surface area contributed by atoms with Crippen LogP contribution in [0, 0.1) is 13.8 Å². The van der Waals surface area contributed by atoms with Gasteiger partial charge in [-0.2, -0.15) is 0 Å². The first-order valence-corrected chi connectivity index (χ1v) is 8.95. The Kier molecular flexibility index (Phi) is 5.26. The highest BCUT2D eigenvalue weighted by molar-refractivity contribution is 5.90. The predicted molar refractivity (Wildman–Crippen MR) is 100 cm³/mol. The standard InChI is InChI=1S/C19H26N4O2/c1-14-15(2)23(19(25)20-14)13-10-18(24)21-16-6-8-17(9-7-16)22-11-4-3-5-12-22/h6-9H,3-5,10-13H2,1-2H3,(H,20,25)(H,21,24). The predicted octanol–water partition coefficient (Wildman–Crippen LogP) is 2.81. The summed E-state index contributed by atoms with van der Waals surface area (Å²) in [5.41, 5.74) is 3.57. The van der Waals surface area contributed by atoms with E-state index < -0.39 is 0 Å². The lowest BCUT2D eigenvalue weighted by molar-refractivity contribution is -0.116. The Morgan fingerprint density at radius 1 is 1.12 bits per heavy atom. The highest BCUT2D eigenvalue weighted by Gasteiger charge is 2.12. The first kappa shape index (κ1) is 17.3. The average molecular weight is 342 g/mol. The highest BCUT2D eigenvalue weighted by Crippen LogP contribution is 2.21. The minimum atomic E-state index is -0.159. The number of aryl methyl sites for hydroxylation is 1. The van der Waals surface area contributed by atoms with Gasteiger partial charge in [0.2, 0.25) is 5.91 Å². The van der Waals surface area contributed by atoms with E-state index in [1.54, 1.807) is 4.57 Å². The number of hydrogen-bond donors (Lipinski definition) is 2. The Bertz CT molecular complexity index is 783. The number of rotatable bonds is 5. The smallest absolute Gasteiger partial charge is 0.325 e. The van der Waals surface area contributed by atoms with Crippen LogP contribution < -0.4 is 15.9 Å². The Balaban J connectivity index is 1.55. The normalized spacial score (nSPS) is 14.6. The lowest BCUT2D eigenvalue weighted by Gasteiger charge is -2.28. The second-order valence-corrected chi connectivity index (χ2v) is 6.68. The fourth-order valence-electron chi connectivity index (χ4n) is 3.29. The minimum Gasteiger partial charge on any atom is -0.372 e. The Morgan fingerprint density at radius 2 is 1.80 bits per heavy atom. The van der Waals surface area contributed by atoms with Crippen LogP contribution in [0.25, 0.3) is 0 Å². The van der Waals surface area contributed by atoms with Crippen LogP contribution in [0.5, 0.6) is 0 Å². The van der Waals surface area contributed by atoms with Gasteiger partial charge in [0.15, 0.2) is 0 Å². The van der Waals surface area contributed by atoms with Gasteiger partial charge in [0.05, 0.1) is 0 Å². The minimum absolute atomic E-state index is 0.0872. The number of aromatic amines is 1. The van der Waals surface area contributed by atoms with Crippen molar-refractivity contribution in [3.8, 4) is 0 Å². The van der Waals surface area contributed by atoms with Crippen molar-refractivity contribution in [3.63, 3.8) is 0 Å². The summed E-state index contributed by atoms with van der Waals surface area (Å²) in [4.78, 5) is 29.1. The first-order chi connectivity index (χ1) is 12.0. The molecule has 6 nitrogen and oxygen atoms in total. The van der Waals surface area contributed by atoms with Crippen LogP contribution in [0.4, 0.5) is 11.4 Å². The molecule has 2 heterocycles. The van der Waals surface area contributed by atoms with Gasteiger partial charge in [-0.25, -0.2) is 4.79 Å². The number of H-pyrrole nitrogens is 1. The summed E-state index contributed by atoms with van der Waals surface area (Å²) in [6, 6.07) is 8.01. The van der Waals surface area contributed by atoms with E-state index in [4.69, 9.17) is 0 Å². The SMILES string of the molecule is Cc1[nH]c(=O)n(CCC(=O)Nc2ccc(N3CCCCC3)cc2)c1C. The maximum absolute atomic E-state index is 12.2. The molecule has 0 saturated carbocycles. The molecule has 3 rings (SSSR count). The van der Waals surface area contributed by atoms with Crippen LogP contribution in [-0.2, 0) is 11.3 Å². The van der Waals surface area contributed by atoms with Crippen LogP contribution in [-0.4, -0.2) is 28.5 Å². The van der Waals surface area contributed by atoms with Crippen molar-refractivity contribution in [2.75, 3.05) is 23.3 Å². The molecule has 1 aromatic carbocycles. The zero-order chi connectivity index (χ0) is 17.8. The number of benzene rings is 1. The lowest BCUT2D eigenvalue weighted by Crippen LogP contribution is -2.29. The van der Waals surface area contributed by atoms with Crippen molar-refractivity contribution in [2.24, 2.45) is 0 Å². The molecule has 2 aromatic rings. The van der Waals surface area contributed by atoms with Crippen LogP contribution in [0.15, 0.2) is 29.1 Å². The van der Waals surface area contributed by atoms with Gasteiger partial charge < -0.3 is 15.2 Å². The van der Waals surface area contributed by atoms with E-state index in [1.165, 1.54) is 24.9 Å². The molecule has 1 aliphatic heterocycles. The summed E-state index contributed by atoms with van der Waals surface area (Å²) in [6.45, 7) is 6.33. The first-order valence-electron chi connectivity index (χ1n) is 8.95. The molecule has 1 saturated heterocycles. The molecule has 134 valence electrons. The number of nitrogens with zero attached hydrogens (tertiary/aromatic N) is 2. The van der Waals surface area contributed by atoms with Crippen LogP contribution in [0.1, 0.15) is 37.1 Å². The third kappa shape index (κ3) is 4.13. The van der Waals surface area contributed by atoms with Gasteiger partial charge in [0.1, 0.15) is 0 Å². The molecule has 0 radical (unpaired) electrons. The number of piperidine rings is 1. The zero-order valence-electron chi connectivity index (χ0n) is 15.0. The number of imidazole rings is 1. The molecule has 1 amide bonds. The van der Waals surface area contributed by atoms with Gasteiger partial charge in [-0.3, -0.25) is 9.36 Å². The number of hydrogen-bond acceptors (Lipinski definition) is 3. The molecule has 1 aromatic heterocycles. The molecule has 6 heteroatoms. The van der Waals surface area contributed by atoms with Gasteiger partial charge in [-0.1, -0.05) is 0 Å². The molecule has 2 N–H and O–H groups in total. The number of carbonyl (C=O) groups excluding carboxylic acids is 1. The summed E-state index contributed by atoms with van der Waals surface area (Å²) in [6.07, 6.45) is 4.07. The van der Waals surface area contributed by atoms with Crippen molar-refractivity contribution in [2.45, 2.75) is 46.1 Å². The van der Waals surface area contributed by atoms with Crippen molar-refractivity contribution < 1.29 is 4.79 Å². The van der Waals surface area contributed by atoms with Crippen LogP contribution in [0.3, 0.4) is 0 Å². The van der Waals surface area contributed by atoms with E-state index in [9.17, 15) is 9.59 Å². The van der Waals surface area contributed by atoms with E-state index in [0.717, 1.165) is 30.2 Å². The molecule has 0 unspecified atom stereocenters. The van der Waals surface area contributed by atoms with Gasteiger partial charge in [-0.05, 0) is 57.4 Å². The fourth-order valence-corrected chi connectivity index (χ4v) is 3.29. The Hall–Kier alpha value is -2.50. The van der Waals surface area contributed by atoms with Gasteiger partial charge in [0, 0.05) is 48.8 Å². The molecule has 1 aliphatic rings. The van der Waals surface area contributed by atoms with Crippen molar-refractivity contribution in [1.82, 2.24) is 9.55 Å². The number of amides is 1. The third-order valence-corrected chi connectivity index (χ3v) is 4.92. The topological polar surface area (TPSA) is 70.1 Å². The molecule has 0 spiro atoms. The number of anilines is 2. The summed E-state index contributed by atoms with van der Waals surface area (Å²) >= 11 is 0. The largest absolute Gasteiger partial charge is 0.372 e. The lowest BCUT2D eigenvalue weighted by atomic mass is 10.1. The van der Waals surface area contributed by atoms with E-state index in [2.05, 4.69) is 27.3 Å². The summed E-state index contributed by atoms with van der Waals surface area (Å²) in [7, 11) is 0. The second-order valence-electron chi connectivity index (χ2n) is 6.68. The van der Waals surface area contributed by atoms with Crippen LogP contribution >= 0.6 is 0 Å². The van der Waals surface area contributed by atoms with Crippen molar-refractivity contribution in [1.29, 1.82) is 0 Å². The number of aromatic nitrogens is 2. The van der Waals surface area contributed by atoms with E-state index >= 15 is 0 Å². The monoisotopic (exact) mass is 342 g/mol. The van der Waals surface area contributed by atoms with E-state index in [0.29, 0.717) is 6.54 Å². The maximum atomic E-state index is 12.2. The van der Waals surface area contributed by atoms with Crippen molar-refractivity contribution >= 4 is 17.3 Å². The van der Waals surface area contributed by atoms with Crippen molar-refractivity contribution in [3.05, 3.63) is 46.1 Å². The highest BCUT2D eigenvalue weighted by atomic mass is 16.2. The quantitative estimate of drug-likeness (QED) is 0.878. The summed E-state index contributed by atoms with van der Waals surface area (Å²) in [5, 5.41) is 2.91. The Labute approximate surface area is 147 Å². The summed E-state index contributed by atoms with van der Waals surface area (Å²) < 4.78 is 1.61. The molecule has 0 atom stereocenters. The molecular formula is C19H26N4O2. The Morgan fingerprint density at radius 3 is 2.40 bits per heavy atom. The van der Waals surface area contributed by atoms with Gasteiger partial charge in [0.25, 0.3) is 0 Å². The molecule has 25 heavy (non-hydrogen) atoms. The maximum Gasteiger partial charge on any atom is 0.325 e. The fraction of sp³-hybridized carbons (Fsp3) is 0.474. The van der Waals surface area contributed by atoms with E-state index in [1.807, 2.05) is 26.0 Å². The van der Waals surface area contributed by atoms with Gasteiger partial charge >= 0.3 is 5.69 Å². The van der Waals surface area contributed by atoms with E-state index in [-0.39, 0.29) is 18.0 Å².